The van der Waals surface area contributed by atoms with Gasteiger partial charge in [-0.15, -0.1) is 0 Å². The molecule has 0 aromatic heterocycles. The van der Waals surface area contributed by atoms with Crippen LogP contribution in [0.5, 0.6) is 0 Å². The molecule has 2 nitrogen and oxygen atoms in total. The molecule has 0 amide bonds. The highest BCUT2D eigenvalue weighted by atomic mass is 15.2. The van der Waals surface area contributed by atoms with E-state index in [1.807, 2.05) is 0 Å². The summed E-state index contributed by atoms with van der Waals surface area (Å²) < 4.78 is 0. The molecule has 2 heteroatoms. The third-order valence-corrected chi connectivity index (χ3v) is 4.21. The smallest absolute Gasteiger partial charge is 0.00954 e. The highest BCUT2D eigenvalue weighted by molar-refractivity contribution is 4.82. The van der Waals surface area contributed by atoms with Gasteiger partial charge >= 0.3 is 0 Å². The van der Waals surface area contributed by atoms with Gasteiger partial charge in [0, 0.05) is 12.6 Å². The first-order valence-corrected chi connectivity index (χ1v) is 6.84. The normalized spacial score (nSPS) is 23.6. The SMILES string of the molecule is NCCCN(CC1CCCC1)C1CCC1. The van der Waals surface area contributed by atoms with Crippen LogP contribution in [-0.4, -0.2) is 30.6 Å². The summed E-state index contributed by atoms with van der Waals surface area (Å²) in [6.45, 7) is 3.47. The van der Waals surface area contributed by atoms with Gasteiger partial charge < -0.3 is 10.6 Å². The lowest BCUT2D eigenvalue weighted by Crippen LogP contribution is -2.43. The minimum absolute atomic E-state index is 0.855. The van der Waals surface area contributed by atoms with E-state index in [1.54, 1.807) is 0 Å². The van der Waals surface area contributed by atoms with Crippen LogP contribution in [0.25, 0.3) is 0 Å². The average molecular weight is 210 g/mol. The molecule has 0 aromatic carbocycles. The Hall–Kier alpha value is -0.0800. The van der Waals surface area contributed by atoms with E-state index < -0.39 is 0 Å². The quantitative estimate of drug-likeness (QED) is 0.729. The van der Waals surface area contributed by atoms with Gasteiger partial charge in [0.15, 0.2) is 0 Å². The topological polar surface area (TPSA) is 29.3 Å². The number of hydrogen-bond donors (Lipinski definition) is 1. The van der Waals surface area contributed by atoms with Gasteiger partial charge in [0.25, 0.3) is 0 Å². The van der Waals surface area contributed by atoms with Crippen molar-refractivity contribution >= 4 is 0 Å². The first-order chi connectivity index (χ1) is 7.40. The standard InChI is InChI=1S/C13H26N2/c14-9-4-10-15(13-7-3-8-13)11-12-5-1-2-6-12/h12-13H,1-11,14H2. The van der Waals surface area contributed by atoms with Crippen LogP contribution in [-0.2, 0) is 0 Å². The van der Waals surface area contributed by atoms with Crippen molar-refractivity contribution in [3.63, 3.8) is 0 Å². The summed E-state index contributed by atoms with van der Waals surface area (Å²) in [5.74, 6) is 1.00. The van der Waals surface area contributed by atoms with Crippen molar-refractivity contribution in [1.82, 2.24) is 4.90 Å². The Morgan fingerprint density at radius 3 is 2.27 bits per heavy atom. The van der Waals surface area contributed by atoms with Crippen LogP contribution < -0.4 is 5.73 Å². The highest BCUT2D eigenvalue weighted by Gasteiger charge is 2.27. The molecule has 0 radical (unpaired) electrons. The van der Waals surface area contributed by atoms with Crippen LogP contribution in [0.15, 0.2) is 0 Å². The summed E-state index contributed by atoms with van der Waals surface area (Å²) in [7, 11) is 0. The molecule has 0 unspecified atom stereocenters. The van der Waals surface area contributed by atoms with Gasteiger partial charge in [0.1, 0.15) is 0 Å². The summed E-state index contributed by atoms with van der Waals surface area (Å²) in [5.41, 5.74) is 5.62. The van der Waals surface area contributed by atoms with Gasteiger partial charge in [-0.1, -0.05) is 19.3 Å². The third-order valence-electron chi connectivity index (χ3n) is 4.21. The van der Waals surface area contributed by atoms with E-state index in [0.29, 0.717) is 0 Å². The second-order valence-corrected chi connectivity index (χ2v) is 5.37. The van der Waals surface area contributed by atoms with Crippen LogP contribution >= 0.6 is 0 Å². The van der Waals surface area contributed by atoms with E-state index in [-0.39, 0.29) is 0 Å². The fourth-order valence-corrected chi connectivity index (χ4v) is 2.99. The molecule has 0 bridgehead atoms. The lowest BCUT2D eigenvalue weighted by atomic mass is 9.90. The van der Waals surface area contributed by atoms with Crippen LogP contribution in [0.4, 0.5) is 0 Å². The lowest BCUT2D eigenvalue weighted by Gasteiger charge is -2.39. The maximum Gasteiger partial charge on any atom is 0.00954 e. The Bertz CT molecular complexity index is 171. The highest BCUT2D eigenvalue weighted by Crippen LogP contribution is 2.30. The van der Waals surface area contributed by atoms with Crippen LogP contribution in [0, 0.1) is 5.92 Å². The molecular weight excluding hydrogens is 184 g/mol. The molecule has 0 atom stereocenters. The van der Waals surface area contributed by atoms with Crippen LogP contribution in [0.2, 0.25) is 0 Å². The van der Waals surface area contributed by atoms with Gasteiger partial charge in [-0.25, -0.2) is 0 Å². The molecule has 2 saturated carbocycles. The molecular formula is C13H26N2. The first kappa shape index (κ1) is 11.4. The van der Waals surface area contributed by atoms with Crippen LogP contribution in [0.1, 0.15) is 51.4 Å². The zero-order valence-electron chi connectivity index (χ0n) is 9.96. The van der Waals surface area contributed by atoms with E-state index in [1.165, 1.54) is 64.5 Å². The molecule has 15 heavy (non-hydrogen) atoms. The number of nitrogens with two attached hydrogens (primary N) is 1. The zero-order valence-corrected chi connectivity index (χ0v) is 9.96. The number of nitrogens with zero attached hydrogens (tertiary/aromatic N) is 1. The van der Waals surface area contributed by atoms with E-state index in [4.69, 9.17) is 5.73 Å². The van der Waals surface area contributed by atoms with Crippen molar-refractivity contribution in [2.45, 2.75) is 57.4 Å². The Morgan fingerprint density at radius 1 is 1.00 bits per heavy atom. The van der Waals surface area contributed by atoms with Gasteiger partial charge in [0.05, 0.1) is 0 Å². The maximum atomic E-state index is 5.62. The largest absolute Gasteiger partial charge is 0.330 e. The van der Waals surface area contributed by atoms with Gasteiger partial charge in [-0.2, -0.15) is 0 Å². The van der Waals surface area contributed by atoms with Crippen molar-refractivity contribution in [1.29, 1.82) is 0 Å². The van der Waals surface area contributed by atoms with Crippen molar-refractivity contribution in [3.8, 4) is 0 Å². The molecule has 88 valence electrons. The van der Waals surface area contributed by atoms with Gasteiger partial charge in [-0.3, -0.25) is 0 Å². The predicted molar refractivity (Wildman–Crippen MR) is 64.8 cm³/mol. The minimum atomic E-state index is 0.855. The molecule has 0 heterocycles. The van der Waals surface area contributed by atoms with E-state index in [2.05, 4.69) is 4.90 Å². The van der Waals surface area contributed by atoms with Crippen molar-refractivity contribution in [2.75, 3.05) is 19.6 Å². The Kier molecular flexibility index (Phi) is 4.45. The van der Waals surface area contributed by atoms with Crippen molar-refractivity contribution in [2.24, 2.45) is 11.7 Å². The predicted octanol–water partition coefficient (Wildman–Crippen LogP) is 2.38. The molecule has 2 N–H and O–H groups in total. The molecule has 0 aliphatic heterocycles. The average Bonchev–Trinajstić information content (AvgIpc) is 2.64. The summed E-state index contributed by atoms with van der Waals surface area (Å²) in [6, 6.07) is 0.914. The Balaban J connectivity index is 1.75. The Morgan fingerprint density at radius 2 is 1.73 bits per heavy atom. The summed E-state index contributed by atoms with van der Waals surface area (Å²) in [4.78, 5) is 2.74. The van der Waals surface area contributed by atoms with Crippen molar-refractivity contribution in [3.05, 3.63) is 0 Å². The maximum absolute atomic E-state index is 5.62. The zero-order chi connectivity index (χ0) is 10.5. The molecule has 2 aliphatic rings. The second kappa shape index (κ2) is 5.86. The van der Waals surface area contributed by atoms with Gasteiger partial charge in [0.2, 0.25) is 0 Å². The number of rotatable bonds is 6. The molecule has 0 saturated heterocycles. The summed E-state index contributed by atoms with van der Waals surface area (Å²) in [5, 5.41) is 0. The summed E-state index contributed by atoms with van der Waals surface area (Å²) in [6.07, 6.45) is 11.4. The van der Waals surface area contributed by atoms with E-state index >= 15 is 0 Å². The molecule has 2 fully saturated rings. The lowest BCUT2D eigenvalue weighted by molar-refractivity contribution is 0.107. The minimum Gasteiger partial charge on any atom is -0.330 e. The molecule has 2 aliphatic carbocycles. The molecule has 2 rings (SSSR count). The van der Waals surface area contributed by atoms with Crippen LogP contribution in [0.3, 0.4) is 0 Å². The fourth-order valence-electron chi connectivity index (χ4n) is 2.99. The van der Waals surface area contributed by atoms with Gasteiger partial charge in [-0.05, 0) is 51.1 Å². The number of hydrogen-bond acceptors (Lipinski definition) is 2. The third kappa shape index (κ3) is 3.18. The van der Waals surface area contributed by atoms with Crippen molar-refractivity contribution < 1.29 is 0 Å². The summed E-state index contributed by atoms with van der Waals surface area (Å²) >= 11 is 0. The van der Waals surface area contributed by atoms with E-state index in [9.17, 15) is 0 Å². The fraction of sp³-hybridized carbons (Fsp3) is 1.00. The first-order valence-electron chi connectivity index (χ1n) is 6.84. The monoisotopic (exact) mass is 210 g/mol. The molecule has 0 aromatic rings. The van der Waals surface area contributed by atoms with E-state index in [0.717, 1.165) is 18.5 Å². The molecule has 0 spiro atoms. The Labute approximate surface area is 94.2 Å². The second-order valence-electron chi connectivity index (χ2n) is 5.37.